The van der Waals surface area contributed by atoms with Gasteiger partial charge in [0.2, 0.25) is 0 Å². The molecular formula is C29H40S. The Kier molecular flexibility index (Phi) is 4.93. The SMILES string of the molecule is C=C1C=C2CCC3C(=C2CC1)C(c1ccc(S(C)(C)C)cc1)CC1(C)C(C)CCC31. The van der Waals surface area contributed by atoms with E-state index < -0.39 is 10.0 Å². The zero-order valence-corrected chi connectivity index (χ0v) is 20.6. The lowest BCUT2D eigenvalue weighted by molar-refractivity contribution is 0.0716. The smallest absolute Gasteiger partial charge is 0.00623 e. The number of allylic oxidation sites excluding steroid dienone is 5. The van der Waals surface area contributed by atoms with Crippen molar-refractivity contribution in [3.8, 4) is 0 Å². The Hall–Kier alpha value is -1.21. The lowest BCUT2D eigenvalue weighted by Gasteiger charge is -2.52. The predicted molar refractivity (Wildman–Crippen MR) is 134 cm³/mol. The first-order valence-corrected chi connectivity index (χ1v) is 14.9. The summed E-state index contributed by atoms with van der Waals surface area (Å²) in [6.45, 7) is 9.48. The summed E-state index contributed by atoms with van der Waals surface area (Å²) in [5.74, 6) is 3.19. The van der Waals surface area contributed by atoms with Crippen molar-refractivity contribution in [3.05, 3.63) is 64.8 Å². The highest BCUT2D eigenvalue weighted by molar-refractivity contribution is 8.32. The highest BCUT2D eigenvalue weighted by Crippen LogP contribution is 2.65. The summed E-state index contributed by atoms with van der Waals surface area (Å²) >= 11 is 0. The van der Waals surface area contributed by atoms with Gasteiger partial charge in [-0.3, -0.25) is 0 Å². The molecule has 0 bridgehead atoms. The van der Waals surface area contributed by atoms with Gasteiger partial charge in [0.15, 0.2) is 0 Å². The van der Waals surface area contributed by atoms with Gasteiger partial charge < -0.3 is 0 Å². The highest BCUT2D eigenvalue weighted by atomic mass is 32.3. The van der Waals surface area contributed by atoms with Crippen LogP contribution in [0, 0.1) is 23.2 Å². The minimum atomic E-state index is -0.665. The molecule has 0 aromatic heterocycles. The quantitative estimate of drug-likeness (QED) is 0.451. The van der Waals surface area contributed by atoms with Crippen LogP contribution in [0.5, 0.6) is 0 Å². The lowest BCUT2D eigenvalue weighted by Crippen LogP contribution is -2.42. The molecule has 0 radical (unpaired) electrons. The van der Waals surface area contributed by atoms with Gasteiger partial charge in [-0.2, -0.15) is 0 Å². The molecule has 0 saturated heterocycles. The lowest BCUT2D eigenvalue weighted by atomic mass is 9.52. The van der Waals surface area contributed by atoms with Crippen LogP contribution in [0.2, 0.25) is 0 Å². The Morgan fingerprint density at radius 3 is 2.40 bits per heavy atom. The maximum atomic E-state index is 4.30. The van der Waals surface area contributed by atoms with Crippen LogP contribution in [0.15, 0.2) is 64.1 Å². The number of hydrogen-bond acceptors (Lipinski definition) is 0. The molecule has 0 nitrogen and oxygen atoms in total. The molecular weight excluding hydrogens is 380 g/mol. The summed E-state index contributed by atoms with van der Waals surface area (Å²) < 4.78 is 0. The van der Waals surface area contributed by atoms with E-state index in [4.69, 9.17) is 0 Å². The van der Waals surface area contributed by atoms with Crippen LogP contribution < -0.4 is 0 Å². The van der Waals surface area contributed by atoms with E-state index in [2.05, 4.69) is 69.5 Å². The molecule has 0 heterocycles. The second-order valence-electron chi connectivity index (χ2n) is 11.7. The van der Waals surface area contributed by atoms with Crippen molar-refractivity contribution in [1.29, 1.82) is 0 Å². The van der Waals surface area contributed by atoms with E-state index >= 15 is 0 Å². The number of rotatable bonds is 2. The second kappa shape index (κ2) is 7.16. The summed E-state index contributed by atoms with van der Waals surface area (Å²) in [5.41, 5.74) is 8.67. The molecule has 5 unspecified atom stereocenters. The average Bonchev–Trinajstić information content (AvgIpc) is 3.01. The molecule has 4 aliphatic rings. The largest absolute Gasteiger partial charge is 0.223 e. The molecule has 0 spiro atoms. The van der Waals surface area contributed by atoms with Crippen molar-refractivity contribution in [2.45, 2.75) is 69.6 Å². The van der Waals surface area contributed by atoms with Gasteiger partial charge in [-0.25, -0.2) is 10.0 Å². The van der Waals surface area contributed by atoms with E-state index in [0.717, 1.165) is 24.2 Å². The Balaban J connectivity index is 1.64. The molecule has 0 aliphatic heterocycles. The fraction of sp³-hybridized carbons (Fsp3) is 0.586. The van der Waals surface area contributed by atoms with Crippen LogP contribution in [-0.4, -0.2) is 18.8 Å². The Morgan fingerprint density at radius 2 is 1.70 bits per heavy atom. The van der Waals surface area contributed by atoms with Crippen molar-refractivity contribution in [2.75, 3.05) is 18.8 Å². The van der Waals surface area contributed by atoms with Gasteiger partial charge in [0.25, 0.3) is 0 Å². The van der Waals surface area contributed by atoms with Gasteiger partial charge in [0.05, 0.1) is 0 Å². The Bertz CT molecular complexity index is 922. The summed E-state index contributed by atoms with van der Waals surface area (Å²) in [6.07, 6.45) is 18.9. The maximum absolute atomic E-state index is 4.30. The fourth-order valence-electron chi connectivity index (χ4n) is 7.40. The summed E-state index contributed by atoms with van der Waals surface area (Å²) in [7, 11) is -0.665. The van der Waals surface area contributed by atoms with E-state index in [1.807, 2.05) is 5.57 Å². The summed E-state index contributed by atoms with van der Waals surface area (Å²) in [4.78, 5) is 1.53. The average molecular weight is 421 g/mol. The third-order valence-corrected chi connectivity index (χ3v) is 11.0. The van der Waals surface area contributed by atoms with E-state index in [-0.39, 0.29) is 0 Å². The van der Waals surface area contributed by atoms with Crippen molar-refractivity contribution in [3.63, 3.8) is 0 Å². The molecule has 2 fully saturated rings. The molecule has 1 heteroatoms. The van der Waals surface area contributed by atoms with Crippen LogP contribution in [-0.2, 0) is 0 Å². The topological polar surface area (TPSA) is 0 Å². The van der Waals surface area contributed by atoms with E-state index in [9.17, 15) is 0 Å². The first-order valence-electron chi connectivity index (χ1n) is 12.1. The molecule has 1 aromatic carbocycles. The second-order valence-corrected chi connectivity index (χ2v) is 15.8. The molecule has 162 valence electrons. The molecule has 0 amide bonds. The summed E-state index contributed by atoms with van der Waals surface area (Å²) in [5, 5.41) is 0. The van der Waals surface area contributed by atoms with Crippen molar-refractivity contribution in [1.82, 2.24) is 0 Å². The number of fused-ring (bicyclic) bond motifs is 4. The van der Waals surface area contributed by atoms with Crippen LogP contribution in [0.4, 0.5) is 0 Å². The first kappa shape index (κ1) is 20.7. The molecule has 1 aromatic rings. The Labute approximate surface area is 186 Å². The van der Waals surface area contributed by atoms with E-state index in [1.54, 1.807) is 16.7 Å². The van der Waals surface area contributed by atoms with Gasteiger partial charge in [-0.05, 0) is 121 Å². The molecule has 0 N–H and O–H groups in total. The normalized spacial score (nSPS) is 36.7. The molecule has 5 atom stereocenters. The fourth-order valence-corrected chi connectivity index (χ4v) is 8.36. The van der Waals surface area contributed by atoms with Crippen LogP contribution >= 0.6 is 10.0 Å². The Morgan fingerprint density at radius 1 is 0.967 bits per heavy atom. The van der Waals surface area contributed by atoms with Gasteiger partial charge in [0, 0.05) is 5.92 Å². The highest BCUT2D eigenvalue weighted by Gasteiger charge is 2.55. The zero-order chi connectivity index (χ0) is 21.3. The third-order valence-electron chi connectivity index (χ3n) is 9.31. The van der Waals surface area contributed by atoms with Crippen molar-refractivity contribution in [2.24, 2.45) is 23.2 Å². The monoisotopic (exact) mass is 420 g/mol. The molecule has 4 aliphatic carbocycles. The van der Waals surface area contributed by atoms with Gasteiger partial charge >= 0.3 is 0 Å². The minimum Gasteiger partial charge on any atom is -0.223 e. The van der Waals surface area contributed by atoms with Crippen LogP contribution in [0.1, 0.15) is 70.3 Å². The first-order chi connectivity index (χ1) is 14.2. The van der Waals surface area contributed by atoms with Crippen molar-refractivity contribution < 1.29 is 0 Å². The van der Waals surface area contributed by atoms with E-state index in [0.29, 0.717) is 11.3 Å². The van der Waals surface area contributed by atoms with Gasteiger partial charge in [-0.15, -0.1) is 0 Å². The minimum absolute atomic E-state index is 0.507. The number of hydrogen-bond donors (Lipinski definition) is 0. The third kappa shape index (κ3) is 3.19. The predicted octanol–water partition coefficient (Wildman–Crippen LogP) is 8.26. The van der Waals surface area contributed by atoms with Gasteiger partial charge in [0.1, 0.15) is 0 Å². The van der Waals surface area contributed by atoms with Crippen LogP contribution in [0.3, 0.4) is 0 Å². The number of benzene rings is 1. The summed E-state index contributed by atoms with van der Waals surface area (Å²) in [6, 6.07) is 9.87. The van der Waals surface area contributed by atoms with Gasteiger partial charge in [-0.1, -0.05) is 49.8 Å². The zero-order valence-electron chi connectivity index (χ0n) is 19.8. The standard InChI is InChI=1S/C29H40S/c1-19-7-14-24-22(17-19)11-15-25-27-16-8-20(2)29(27,3)18-26(28(24)25)21-9-12-23(13-10-21)30(4,5)6/h9-10,12-13,17,20,25-27H,1,7-8,11,14-16,18H2,2-6H3. The molecule has 30 heavy (non-hydrogen) atoms. The van der Waals surface area contributed by atoms with Crippen molar-refractivity contribution >= 4 is 10.0 Å². The van der Waals surface area contributed by atoms with E-state index in [1.165, 1.54) is 49.0 Å². The maximum Gasteiger partial charge on any atom is 0.00623 e. The van der Waals surface area contributed by atoms with Crippen LogP contribution in [0.25, 0.3) is 0 Å². The molecule has 5 rings (SSSR count). The molecule has 2 saturated carbocycles.